The second-order valence-corrected chi connectivity index (χ2v) is 7.73. The van der Waals surface area contributed by atoms with Crippen LogP contribution in [-0.4, -0.2) is 65.0 Å². The Labute approximate surface area is 154 Å². The first-order valence-electron chi connectivity index (χ1n) is 9.67. The molecule has 2 atom stereocenters. The zero-order valence-corrected chi connectivity index (χ0v) is 15.1. The number of likely N-dealkylation sites (tertiary alicyclic amines) is 1. The lowest BCUT2D eigenvalue weighted by Crippen LogP contribution is -2.49. The van der Waals surface area contributed by atoms with Gasteiger partial charge in [0, 0.05) is 38.6 Å². The topological polar surface area (TPSA) is 72.9 Å². The lowest BCUT2D eigenvalue weighted by Gasteiger charge is -2.36. The number of nitrogens with zero attached hydrogens (tertiary/aromatic N) is 2. The predicted octanol–water partition coefficient (Wildman–Crippen LogP) is 0.533. The van der Waals surface area contributed by atoms with Crippen LogP contribution in [-0.2, 0) is 22.6 Å². The number of nitrogens with one attached hydrogen (secondary N) is 1. The van der Waals surface area contributed by atoms with E-state index in [9.17, 15) is 14.7 Å². The molecule has 0 radical (unpaired) electrons. The Kier molecular flexibility index (Phi) is 4.96. The van der Waals surface area contributed by atoms with Gasteiger partial charge in [0.1, 0.15) is 0 Å². The molecule has 0 unspecified atom stereocenters. The van der Waals surface area contributed by atoms with E-state index in [1.54, 1.807) is 0 Å². The van der Waals surface area contributed by atoms with E-state index >= 15 is 0 Å². The minimum absolute atomic E-state index is 0.0199. The highest BCUT2D eigenvalue weighted by Crippen LogP contribution is 2.25. The van der Waals surface area contributed by atoms with Gasteiger partial charge in [-0.3, -0.25) is 9.59 Å². The van der Waals surface area contributed by atoms with Crippen LogP contribution in [0.4, 0.5) is 0 Å². The number of β-amino-alcohol motifs (C(OH)–C–C–N with tert-alkyl or cyclic N) is 1. The minimum Gasteiger partial charge on any atom is -0.392 e. The van der Waals surface area contributed by atoms with Crippen molar-refractivity contribution in [1.29, 1.82) is 0 Å². The lowest BCUT2D eigenvalue weighted by atomic mass is 9.92. The van der Waals surface area contributed by atoms with E-state index in [0.717, 1.165) is 25.8 Å². The van der Waals surface area contributed by atoms with E-state index in [4.69, 9.17) is 0 Å². The Morgan fingerprint density at radius 2 is 1.73 bits per heavy atom. The van der Waals surface area contributed by atoms with Crippen LogP contribution in [0, 0.1) is 5.92 Å². The number of fused-ring (bicyclic) bond motifs is 1. The molecule has 3 heterocycles. The number of aliphatic hydroxyl groups excluding tert-OH is 1. The third-order valence-corrected chi connectivity index (χ3v) is 6.00. The molecule has 0 spiro atoms. The van der Waals surface area contributed by atoms with E-state index in [1.165, 1.54) is 11.1 Å². The molecule has 2 fully saturated rings. The fourth-order valence-electron chi connectivity index (χ4n) is 4.41. The first-order valence-corrected chi connectivity index (χ1v) is 9.67. The number of carbonyl (C=O) groups excluding carboxylic acids is 2. The summed E-state index contributed by atoms with van der Waals surface area (Å²) in [4.78, 5) is 29.3. The smallest absolute Gasteiger partial charge is 0.239 e. The molecule has 0 bridgehead atoms. The number of hydrogen-bond donors (Lipinski definition) is 2. The molecule has 1 aromatic rings. The molecule has 2 saturated heterocycles. The van der Waals surface area contributed by atoms with Crippen molar-refractivity contribution in [2.75, 3.05) is 26.2 Å². The average molecular weight is 357 g/mol. The molecule has 26 heavy (non-hydrogen) atoms. The van der Waals surface area contributed by atoms with Gasteiger partial charge in [-0.2, -0.15) is 0 Å². The van der Waals surface area contributed by atoms with E-state index in [-0.39, 0.29) is 23.8 Å². The number of amides is 2. The number of carbonyl (C=O) groups is 2. The second kappa shape index (κ2) is 7.37. The highest BCUT2D eigenvalue weighted by atomic mass is 16.3. The maximum Gasteiger partial charge on any atom is 0.239 e. The third kappa shape index (κ3) is 3.48. The Balaban J connectivity index is 1.31. The van der Waals surface area contributed by atoms with Crippen molar-refractivity contribution in [3.63, 3.8) is 0 Å². The molecule has 6 heteroatoms. The number of hydrogen-bond acceptors (Lipinski definition) is 4. The van der Waals surface area contributed by atoms with Crippen LogP contribution in [0.25, 0.3) is 0 Å². The molecule has 2 N–H and O–H groups in total. The molecule has 0 saturated carbocycles. The van der Waals surface area contributed by atoms with Gasteiger partial charge in [0.15, 0.2) is 0 Å². The van der Waals surface area contributed by atoms with Crippen molar-refractivity contribution in [3.05, 3.63) is 35.4 Å². The molecule has 140 valence electrons. The third-order valence-electron chi connectivity index (χ3n) is 6.00. The summed E-state index contributed by atoms with van der Waals surface area (Å²) in [6.07, 6.45) is 2.46. The Morgan fingerprint density at radius 3 is 2.42 bits per heavy atom. The summed E-state index contributed by atoms with van der Waals surface area (Å²) < 4.78 is 0. The molecule has 0 aromatic heterocycles. The van der Waals surface area contributed by atoms with Gasteiger partial charge in [-0.25, -0.2) is 0 Å². The highest BCUT2D eigenvalue weighted by molar-refractivity contribution is 5.83. The number of piperidine rings is 1. The number of rotatable bonds is 2. The summed E-state index contributed by atoms with van der Waals surface area (Å²) in [5.41, 5.74) is 2.61. The summed E-state index contributed by atoms with van der Waals surface area (Å²) in [5.74, 6) is 0.326. The van der Waals surface area contributed by atoms with Crippen molar-refractivity contribution in [1.82, 2.24) is 15.1 Å². The van der Waals surface area contributed by atoms with Gasteiger partial charge in [-0.1, -0.05) is 24.3 Å². The van der Waals surface area contributed by atoms with Crippen molar-refractivity contribution in [2.24, 2.45) is 5.92 Å². The molecule has 3 aliphatic rings. The second-order valence-electron chi connectivity index (χ2n) is 7.73. The van der Waals surface area contributed by atoms with Crippen LogP contribution in [0.1, 0.15) is 30.4 Å². The Bertz CT molecular complexity index is 685. The van der Waals surface area contributed by atoms with Gasteiger partial charge < -0.3 is 20.2 Å². The van der Waals surface area contributed by atoms with E-state index < -0.39 is 6.10 Å². The van der Waals surface area contributed by atoms with Crippen LogP contribution >= 0.6 is 0 Å². The molecule has 0 aliphatic carbocycles. The molecule has 4 rings (SSSR count). The first-order chi connectivity index (χ1) is 12.6. The van der Waals surface area contributed by atoms with Gasteiger partial charge in [0.05, 0.1) is 12.1 Å². The fourth-order valence-corrected chi connectivity index (χ4v) is 4.41. The van der Waals surface area contributed by atoms with Gasteiger partial charge >= 0.3 is 0 Å². The average Bonchev–Trinajstić information content (AvgIpc) is 3.13. The summed E-state index contributed by atoms with van der Waals surface area (Å²) in [7, 11) is 0. The van der Waals surface area contributed by atoms with Crippen LogP contribution in [0.2, 0.25) is 0 Å². The standard InChI is InChI=1S/C20H27N3O3/c24-17-11-18(21-12-17)20(26)22-8-6-15(7-9-22)19(25)23-10-5-14-3-1-2-4-16(14)13-23/h1-4,15,17-18,21,24H,5-13H2/t17-,18-/m1/s1. The summed E-state index contributed by atoms with van der Waals surface area (Å²) in [6.45, 7) is 3.25. The van der Waals surface area contributed by atoms with Crippen molar-refractivity contribution < 1.29 is 14.7 Å². The largest absolute Gasteiger partial charge is 0.392 e. The first kappa shape index (κ1) is 17.5. The monoisotopic (exact) mass is 357 g/mol. The number of benzene rings is 1. The Hall–Kier alpha value is -1.92. The molecule has 1 aromatic carbocycles. The van der Waals surface area contributed by atoms with Gasteiger partial charge in [0.25, 0.3) is 0 Å². The van der Waals surface area contributed by atoms with Gasteiger partial charge in [-0.15, -0.1) is 0 Å². The quantitative estimate of drug-likeness (QED) is 0.810. The van der Waals surface area contributed by atoms with E-state index in [2.05, 4.69) is 23.5 Å². The van der Waals surface area contributed by atoms with E-state index in [1.807, 2.05) is 15.9 Å². The SMILES string of the molecule is O=C(C1CCN(C(=O)[C@H]2C[C@@H](O)CN2)CC1)N1CCc2ccccc2C1. The molecule has 6 nitrogen and oxygen atoms in total. The molecular weight excluding hydrogens is 330 g/mol. The zero-order valence-electron chi connectivity index (χ0n) is 15.1. The summed E-state index contributed by atoms with van der Waals surface area (Å²) in [5, 5.41) is 12.7. The lowest BCUT2D eigenvalue weighted by molar-refractivity contribution is -0.142. The van der Waals surface area contributed by atoms with Crippen LogP contribution in [0.5, 0.6) is 0 Å². The maximum atomic E-state index is 12.9. The maximum absolute atomic E-state index is 12.9. The highest BCUT2D eigenvalue weighted by Gasteiger charge is 2.35. The van der Waals surface area contributed by atoms with Crippen molar-refractivity contribution in [2.45, 2.75) is 44.4 Å². The van der Waals surface area contributed by atoms with Crippen LogP contribution in [0.15, 0.2) is 24.3 Å². The fraction of sp³-hybridized carbons (Fsp3) is 0.600. The summed E-state index contributed by atoms with van der Waals surface area (Å²) >= 11 is 0. The molecule has 2 amide bonds. The summed E-state index contributed by atoms with van der Waals surface area (Å²) in [6, 6.07) is 8.08. The minimum atomic E-state index is -0.426. The van der Waals surface area contributed by atoms with Crippen LogP contribution < -0.4 is 5.32 Å². The van der Waals surface area contributed by atoms with Crippen molar-refractivity contribution >= 4 is 11.8 Å². The molecule has 3 aliphatic heterocycles. The predicted molar refractivity (Wildman–Crippen MR) is 97.3 cm³/mol. The zero-order chi connectivity index (χ0) is 18.1. The van der Waals surface area contributed by atoms with Crippen molar-refractivity contribution in [3.8, 4) is 0 Å². The Morgan fingerprint density at radius 1 is 1.00 bits per heavy atom. The molecular formula is C20H27N3O3. The van der Waals surface area contributed by atoms with Gasteiger partial charge in [0.2, 0.25) is 11.8 Å². The van der Waals surface area contributed by atoms with E-state index in [0.29, 0.717) is 32.6 Å². The number of aliphatic hydroxyl groups is 1. The van der Waals surface area contributed by atoms with Crippen LogP contribution in [0.3, 0.4) is 0 Å². The van der Waals surface area contributed by atoms with Gasteiger partial charge in [-0.05, 0) is 36.8 Å². The normalized spacial score (nSPS) is 26.7.